The molecule has 1 aromatic carbocycles. The van der Waals surface area contributed by atoms with Gasteiger partial charge in [-0.25, -0.2) is 0 Å². The van der Waals surface area contributed by atoms with Gasteiger partial charge < -0.3 is 15.6 Å². The second kappa shape index (κ2) is 5.18. The van der Waals surface area contributed by atoms with Crippen LogP contribution in [0.4, 0.5) is 11.4 Å². The first-order valence-electron chi connectivity index (χ1n) is 6.58. The quantitative estimate of drug-likeness (QED) is 0.769. The molecule has 1 saturated carbocycles. The molecule has 1 aliphatic carbocycles. The SMILES string of the molecule is O=C(Nc1ccc(NCc2cc[nH]c2)cc1)C1CC1. The molecule has 0 aliphatic heterocycles. The van der Waals surface area contributed by atoms with E-state index in [1.165, 1.54) is 5.56 Å². The molecule has 4 nitrogen and oxygen atoms in total. The van der Waals surface area contributed by atoms with Gasteiger partial charge in [-0.2, -0.15) is 0 Å². The number of aromatic nitrogens is 1. The van der Waals surface area contributed by atoms with Crippen LogP contribution in [0.15, 0.2) is 42.7 Å². The van der Waals surface area contributed by atoms with Crippen molar-refractivity contribution in [2.24, 2.45) is 5.92 Å². The minimum Gasteiger partial charge on any atom is -0.381 e. The van der Waals surface area contributed by atoms with Gasteiger partial charge >= 0.3 is 0 Å². The van der Waals surface area contributed by atoms with Crippen molar-refractivity contribution in [2.75, 3.05) is 10.6 Å². The van der Waals surface area contributed by atoms with Crippen LogP contribution in [0.25, 0.3) is 0 Å². The zero-order valence-corrected chi connectivity index (χ0v) is 10.6. The lowest BCUT2D eigenvalue weighted by Gasteiger charge is -2.07. The van der Waals surface area contributed by atoms with Crippen molar-refractivity contribution < 1.29 is 4.79 Å². The standard InChI is InChI=1S/C15H17N3O/c19-15(12-1-2-12)18-14-5-3-13(4-6-14)17-10-11-7-8-16-9-11/h3-9,12,16-17H,1-2,10H2,(H,18,19). The Morgan fingerprint density at radius 2 is 1.89 bits per heavy atom. The third-order valence-electron chi connectivity index (χ3n) is 3.26. The van der Waals surface area contributed by atoms with Gasteiger partial charge in [0, 0.05) is 36.2 Å². The number of hydrogen-bond acceptors (Lipinski definition) is 2. The van der Waals surface area contributed by atoms with Crippen LogP contribution < -0.4 is 10.6 Å². The zero-order chi connectivity index (χ0) is 13.1. The maximum atomic E-state index is 11.6. The van der Waals surface area contributed by atoms with E-state index >= 15 is 0 Å². The number of carbonyl (C=O) groups is 1. The molecule has 0 spiro atoms. The molecule has 0 atom stereocenters. The van der Waals surface area contributed by atoms with Crippen molar-refractivity contribution in [3.63, 3.8) is 0 Å². The average molecular weight is 255 g/mol. The number of aromatic amines is 1. The molecule has 1 aromatic heterocycles. The normalized spacial score (nSPS) is 14.1. The first-order valence-corrected chi connectivity index (χ1v) is 6.58. The Kier molecular flexibility index (Phi) is 3.23. The Hall–Kier alpha value is -2.23. The highest BCUT2D eigenvalue weighted by Gasteiger charge is 2.29. The van der Waals surface area contributed by atoms with Gasteiger partial charge in [-0.05, 0) is 48.7 Å². The minimum atomic E-state index is 0.146. The third-order valence-corrected chi connectivity index (χ3v) is 3.26. The van der Waals surface area contributed by atoms with Gasteiger partial charge in [0.1, 0.15) is 0 Å². The summed E-state index contributed by atoms with van der Waals surface area (Å²) >= 11 is 0. The largest absolute Gasteiger partial charge is 0.381 e. The summed E-state index contributed by atoms with van der Waals surface area (Å²) in [5, 5.41) is 6.26. The predicted octanol–water partition coefficient (Wildman–Crippen LogP) is 2.98. The predicted molar refractivity (Wildman–Crippen MR) is 75.9 cm³/mol. The Labute approximate surface area is 112 Å². The van der Waals surface area contributed by atoms with Crippen LogP contribution >= 0.6 is 0 Å². The molecule has 19 heavy (non-hydrogen) atoms. The molecule has 1 fully saturated rings. The van der Waals surface area contributed by atoms with E-state index < -0.39 is 0 Å². The fraction of sp³-hybridized carbons (Fsp3) is 0.267. The molecule has 1 amide bonds. The lowest BCUT2D eigenvalue weighted by atomic mass is 10.2. The molecule has 4 heteroatoms. The number of nitrogens with one attached hydrogen (secondary N) is 3. The molecule has 1 aliphatic rings. The van der Waals surface area contributed by atoms with Crippen molar-refractivity contribution in [1.29, 1.82) is 0 Å². The zero-order valence-electron chi connectivity index (χ0n) is 10.6. The van der Waals surface area contributed by atoms with Crippen LogP contribution in [-0.4, -0.2) is 10.9 Å². The number of anilines is 2. The molecule has 0 radical (unpaired) electrons. The van der Waals surface area contributed by atoms with Gasteiger partial charge in [0.25, 0.3) is 0 Å². The number of amides is 1. The van der Waals surface area contributed by atoms with Gasteiger partial charge in [-0.15, -0.1) is 0 Å². The van der Waals surface area contributed by atoms with E-state index in [0.717, 1.165) is 30.8 Å². The van der Waals surface area contributed by atoms with Crippen LogP contribution in [-0.2, 0) is 11.3 Å². The van der Waals surface area contributed by atoms with Crippen LogP contribution in [0, 0.1) is 5.92 Å². The Morgan fingerprint density at radius 1 is 1.16 bits per heavy atom. The van der Waals surface area contributed by atoms with E-state index in [1.807, 2.05) is 42.7 Å². The van der Waals surface area contributed by atoms with E-state index in [9.17, 15) is 4.79 Å². The monoisotopic (exact) mass is 255 g/mol. The summed E-state index contributed by atoms with van der Waals surface area (Å²) in [5.74, 6) is 0.388. The van der Waals surface area contributed by atoms with Crippen molar-refractivity contribution in [2.45, 2.75) is 19.4 Å². The van der Waals surface area contributed by atoms with E-state index in [2.05, 4.69) is 15.6 Å². The van der Waals surface area contributed by atoms with Gasteiger partial charge in [0.15, 0.2) is 0 Å². The Bertz CT molecular complexity index is 541. The molecule has 3 rings (SSSR count). The van der Waals surface area contributed by atoms with Crippen LogP contribution in [0.3, 0.4) is 0 Å². The lowest BCUT2D eigenvalue weighted by molar-refractivity contribution is -0.117. The molecule has 0 unspecified atom stereocenters. The molecule has 2 aromatic rings. The first kappa shape index (κ1) is 11.8. The van der Waals surface area contributed by atoms with E-state index in [4.69, 9.17) is 0 Å². The Balaban J connectivity index is 1.54. The summed E-state index contributed by atoms with van der Waals surface area (Å²) in [6.45, 7) is 0.789. The van der Waals surface area contributed by atoms with Crippen LogP contribution in [0.1, 0.15) is 18.4 Å². The van der Waals surface area contributed by atoms with E-state index in [0.29, 0.717) is 0 Å². The fourth-order valence-corrected chi connectivity index (χ4v) is 1.93. The van der Waals surface area contributed by atoms with Crippen molar-refractivity contribution >= 4 is 17.3 Å². The van der Waals surface area contributed by atoms with E-state index in [1.54, 1.807) is 0 Å². The smallest absolute Gasteiger partial charge is 0.227 e. The number of benzene rings is 1. The topological polar surface area (TPSA) is 56.9 Å². The molecule has 3 N–H and O–H groups in total. The van der Waals surface area contributed by atoms with Gasteiger partial charge in [-0.3, -0.25) is 4.79 Å². The number of H-pyrrole nitrogens is 1. The van der Waals surface area contributed by atoms with Crippen LogP contribution in [0.2, 0.25) is 0 Å². The third kappa shape index (κ3) is 3.16. The minimum absolute atomic E-state index is 0.146. The van der Waals surface area contributed by atoms with Crippen molar-refractivity contribution in [1.82, 2.24) is 4.98 Å². The summed E-state index contributed by atoms with van der Waals surface area (Å²) in [7, 11) is 0. The maximum Gasteiger partial charge on any atom is 0.227 e. The lowest BCUT2D eigenvalue weighted by Crippen LogP contribution is -2.13. The molecular weight excluding hydrogens is 238 g/mol. The fourth-order valence-electron chi connectivity index (χ4n) is 1.93. The van der Waals surface area contributed by atoms with Crippen molar-refractivity contribution in [3.05, 3.63) is 48.3 Å². The maximum absolute atomic E-state index is 11.6. The van der Waals surface area contributed by atoms with Crippen LogP contribution in [0.5, 0.6) is 0 Å². The molecule has 0 bridgehead atoms. The summed E-state index contributed by atoms with van der Waals surface area (Å²) in [6.07, 6.45) is 5.94. The highest BCUT2D eigenvalue weighted by Crippen LogP contribution is 2.30. The highest BCUT2D eigenvalue weighted by molar-refractivity contribution is 5.94. The molecular formula is C15H17N3O. The first-order chi connectivity index (χ1) is 9.31. The van der Waals surface area contributed by atoms with E-state index in [-0.39, 0.29) is 11.8 Å². The number of rotatable bonds is 5. The molecule has 0 saturated heterocycles. The number of hydrogen-bond donors (Lipinski definition) is 3. The Morgan fingerprint density at radius 3 is 2.53 bits per heavy atom. The highest BCUT2D eigenvalue weighted by atomic mass is 16.2. The molecule has 1 heterocycles. The van der Waals surface area contributed by atoms with Crippen molar-refractivity contribution in [3.8, 4) is 0 Å². The summed E-state index contributed by atoms with van der Waals surface area (Å²) < 4.78 is 0. The second-order valence-corrected chi connectivity index (χ2v) is 4.91. The summed E-state index contributed by atoms with van der Waals surface area (Å²) in [6, 6.07) is 9.86. The summed E-state index contributed by atoms with van der Waals surface area (Å²) in [4.78, 5) is 14.6. The van der Waals surface area contributed by atoms with Gasteiger partial charge in [0.2, 0.25) is 5.91 Å². The van der Waals surface area contributed by atoms with Gasteiger partial charge in [0.05, 0.1) is 0 Å². The number of carbonyl (C=O) groups excluding carboxylic acids is 1. The second-order valence-electron chi connectivity index (χ2n) is 4.91. The average Bonchev–Trinajstić information content (AvgIpc) is 3.16. The van der Waals surface area contributed by atoms with Gasteiger partial charge in [-0.1, -0.05) is 0 Å². The molecule has 98 valence electrons. The summed E-state index contributed by atoms with van der Waals surface area (Å²) in [5.41, 5.74) is 3.13.